The minimum absolute atomic E-state index is 0.204. The van der Waals surface area contributed by atoms with Crippen LogP contribution < -0.4 is 11.1 Å². The van der Waals surface area contributed by atoms with Crippen molar-refractivity contribution in [3.8, 4) is 0 Å². The summed E-state index contributed by atoms with van der Waals surface area (Å²) >= 11 is 1.54. The van der Waals surface area contributed by atoms with E-state index >= 15 is 0 Å². The van der Waals surface area contributed by atoms with Crippen LogP contribution >= 0.6 is 11.3 Å². The lowest BCUT2D eigenvalue weighted by molar-refractivity contribution is 0.0949. The van der Waals surface area contributed by atoms with Crippen LogP contribution in [0.1, 0.15) is 52.2 Å². The van der Waals surface area contributed by atoms with Crippen molar-refractivity contribution >= 4 is 17.2 Å². The number of nitrogens with two attached hydrogens (primary N) is 1. The standard InChI is InChI=1S/C14H21N7OS/c1-9-17-19-13(23-9)6-7-16-14(22)12-8-21(20-18-12)11-4-2-10(15)3-5-11/h8,10-11H,2-7,15H2,1H3,(H,16,22). The fraction of sp³-hybridized carbons (Fsp3) is 0.643. The molecule has 2 aromatic heterocycles. The van der Waals surface area contributed by atoms with Gasteiger partial charge in [0, 0.05) is 19.0 Å². The number of aryl methyl sites for hydroxylation is 1. The Morgan fingerprint density at radius 3 is 2.83 bits per heavy atom. The van der Waals surface area contributed by atoms with Gasteiger partial charge >= 0.3 is 0 Å². The van der Waals surface area contributed by atoms with E-state index in [1.165, 1.54) is 0 Å². The van der Waals surface area contributed by atoms with E-state index in [0.717, 1.165) is 35.7 Å². The molecule has 0 aliphatic heterocycles. The smallest absolute Gasteiger partial charge is 0.273 e. The van der Waals surface area contributed by atoms with Gasteiger partial charge in [-0.1, -0.05) is 5.21 Å². The highest BCUT2D eigenvalue weighted by Crippen LogP contribution is 2.26. The Labute approximate surface area is 138 Å². The van der Waals surface area contributed by atoms with E-state index in [-0.39, 0.29) is 5.91 Å². The quantitative estimate of drug-likeness (QED) is 0.838. The van der Waals surface area contributed by atoms with E-state index in [2.05, 4.69) is 25.8 Å². The predicted molar refractivity (Wildman–Crippen MR) is 86.2 cm³/mol. The second-order valence-corrected chi connectivity index (χ2v) is 7.14. The zero-order valence-electron chi connectivity index (χ0n) is 13.1. The lowest BCUT2D eigenvalue weighted by Crippen LogP contribution is -2.28. The summed E-state index contributed by atoms with van der Waals surface area (Å²) in [5.74, 6) is -0.204. The van der Waals surface area contributed by atoms with Gasteiger partial charge in [-0.25, -0.2) is 4.68 Å². The number of nitrogens with one attached hydrogen (secondary N) is 1. The van der Waals surface area contributed by atoms with Gasteiger partial charge in [-0.05, 0) is 32.6 Å². The molecule has 2 heterocycles. The number of nitrogens with zero attached hydrogens (tertiary/aromatic N) is 5. The van der Waals surface area contributed by atoms with Crippen LogP contribution in [0, 0.1) is 6.92 Å². The molecule has 0 radical (unpaired) electrons. The molecule has 0 atom stereocenters. The van der Waals surface area contributed by atoms with Crippen molar-refractivity contribution in [2.75, 3.05) is 6.54 Å². The molecular formula is C14H21N7OS. The van der Waals surface area contributed by atoms with Gasteiger partial charge in [0.05, 0.1) is 12.2 Å². The summed E-state index contributed by atoms with van der Waals surface area (Å²) < 4.78 is 1.80. The number of carbonyl (C=O) groups excluding carboxylic acids is 1. The minimum atomic E-state index is -0.204. The van der Waals surface area contributed by atoms with Gasteiger partial charge in [0.25, 0.3) is 5.91 Å². The van der Waals surface area contributed by atoms with Crippen molar-refractivity contribution < 1.29 is 4.79 Å². The largest absolute Gasteiger partial charge is 0.350 e. The topological polar surface area (TPSA) is 112 Å². The van der Waals surface area contributed by atoms with Crippen molar-refractivity contribution in [1.82, 2.24) is 30.5 Å². The third kappa shape index (κ3) is 4.11. The highest BCUT2D eigenvalue weighted by atomic mass is 32.1. The SMILES string of the molecule is Cc1nnc(CCNC(=O)c2cn(C3CCC(N)CC3)nn2)s1. The Hall–Kier alpha value is -1.87. The second kappa shape index (κ2) is 7.14. The molecule has 1 aliphatic rings. The van der Waals surface area contributed by atoms with E-state index in [1.807, 2.05) is 6.92 Å². The molecule has 8 nitrogen and oxygen atoms in total. The number of carbonyl (C=O) groups is 1. The Bertz CT molecular complexity index is 660. The van der Waals surface area contributed by atoms with Crippen molar-refractivity contribution in [3.63, 3.8) is 0 Å². The van der Waals surface area contributed by atoms with Gasteiger partial charge in [-0.2, -0.15) is 0 Å². The van der Waals surface area contributed by atoms with E-state index < -0.39 is 0 Å². The fourth-order valence-electron chi connectivity index (χ4n) is 2.74. The van der Waals surface area contributed by atoms with E-state index in [9.17, 15) is 4.79 Å². The first-order chi connectivity index (χ1) is 11.1. The first-order valence-corrected chi connectivity index (χ1v) is 8.68. The van der Waals surface area contributed by atoms with Crippen LogP contribution in [0.3, 0.4) is 0 Å². The van der Waals surface area contributed by atoms with Gasteiger partial charge in [0.1, 0.15) is 10.0 Å². The predicted octanol–water partition coefficient (Wildman–Crippen LogP) is 0.853. The lowest BCUT2D eigenvalue weighted by Gasteiger charge is -2.25. The first kappa shape index (κ1) is 16.0. The van der Waals surface area contributed by atoms with E-state index in [4.69, 9.17) is 5.73 Å². The van der Waals surface area contributed by atoms with Crippen LogP contribution in [0.15, 0.2) is 6.20 Å². The van der Waals surface area contributed by atoms with Crippen LogP contribution in [-0.4, -0.2) is 43.7 Å². The van der Waals surface area contributed by atoms with Gasteiger partial charge < -0.3 is 11.1 Å². The highest BCUT2D eigenvalue weighted by molar-refractivity contribution is 7.11. The minimum Gasteiger partial charge on any atom is -0.350 e. The van der Waals surface area contributed by atoms with Gasteiger partial charge in [0.2, 0.25) is 0 Å². The molecule has 0 bridgehead atoms. The number of hydrogen-bond acceptors (Lipinski definition) is 7. The Morgan fingerprint density at radius 2 is 2.13 bits per heavy atom. The summed E-state index contributed by atoms with van der Waals surface area (Å²) in [6, 6.07) is 0.592. The summed E-state index contributed by atoms with van der Waals surface area (Å²) in [6.07, 6.45) is 6.36. The summed E-state index contributed by atoms with van der Waals surface area (Å²) in [7, 11) is 0. The molecule has 23 heavy (non-hydrogen) atoms. The zero-order valence-corrected chi connectivity index (χ0v) is 13.9. The second-order valence-electron chi connectivity index (χ2n) is 5.87. The molecule has 1 aliphatic carbocycles. The van der Waals surface area contributed by atoms with Crippen molar-refractivity contribution in [2.45, 2.75) is 51.1 Å². The maximum atomic E-state index is 12.1. The van der Waals surface area contributed by atoms with Crippen molar-refractivity contribution in [3.05, 3.63) is 21.9 Å². The molecule has 0 saturated heterocycles. The molecule has 3 N–H and O–H groups in total. The maximum absolute atomic E-state index is 12.1. The zero-order chi connectivity index (χ0) is 16.2. The monoisotopic (exact) mass is 335 g/mol. The van der Waals surface area contributed by atoms with Crippen LogP contribution in [0.2, 0.25) is 0 Å². The van der Waals surface area contributed by atoms with Crippen LogP contribution in [0.4, 0.5) is 0 Å². The van der Waals surface area contributed by atoms with Crippen molar-refractivity contribution in [2.24, 2.45) is 5.73 Å². The number of hydrogen-bond donors (Lipinski definition) is 2. The number of aromatic nitrogens is 5. The summed E-state index contributed by atoms with van der Waals surface area (Å²) in [5, 5.41) is 20.8. The Kier molecular flexibility index (Phi) is 4.97. The van der Waals surface area contributed by atoms with Gasteiger partial charge in [0.15, 0.2) is 5.69 Å². The maximum Gasteiger partial charge on any atom is 0.273 e. The third-order valence-corrected chi connectivity index (χ3v) is 4.95. The summed E-state index contributed by atoms with van der Waals surface area (Å²) in [5.41, 5.74) is 6.27. The fourth-order valence-corrected chi connectivity index (χ4v) is 3.45. The molecule has 0 unspecified atom stereocenters. The van der Waals surface area contributed by atoms with Crippen LogP contribution in [0.25, 0.3) is 0 Å². The lowest BCUT2D eigenvalue weighted by atomic mass is 9.92. The van der Waals surface area contributed by atoms with Crippen LogP contribution in [-0.2, 0) is 6.42 Å². The normalized spacial score (nSPS) is 21.3. The molecule has 3 rings (SSSR count). The average molecular weight is 335 g/mol. The molecule has 1 amide bonds. The molecule has 9 heteroatoms. The molecule has 1 saturated carbocycles. The molecule has 2 aromatic rings. The van der Waals surface area contributed by atoms with Gasteiger partial charge in [-0.15, -0.1) is 26.6 Å². The van der Waals surface area contributed by atoms with Crippen molar-refractivity contribution in [1.29, 1.82) is 0 Å². The average Bonchev–Trinajstić information content (AvgIpc) is 3.17. The van der Waals surface area contributed by atoms with Gasteiger partial charge in [-0.3, -0.25) is 4.79 Å². The molecule has 124 valence electrons. The summed E-state index contributed by atoms with van der Waals surface area (Å²) in [4.78, 5) is 12.1. The number of amides is 1. The Balaban J connectivity index is 1.50. The molecule has 0 aromatic carbocycles. The van der Waals surface area contributed by atoms with Crippen LogP contribution in [0.5, 0.6) is 0 Å². The third-order valence-electron chi connectivity index (χ3n) is 4.05. The summed E-state index contributed by atoms with van der Waals surface area (Å²) in [6.45, 7) is 2.43. The first-order valence-electron chi connectivity index (χ1n) is 7.86. The highest BCUT2D eigenvalue weighted by Gasteiger charge is 2.22. The number of rotatable bonds is 5. The van der Waals surface area contributed by atoms with E-state index in [1.54, 1.807) is 22.2 Å². The Morgan fingerprint density at radius 1 is 1.35 bits per heavy atom. The molecule has 1 fully saturated rings. The molecular weight excluding hydrogens is 314 g/mol. The molecule has 0 spiro atoms. The van der Waals surface area contributed by atoms with E-state index in [0.29, 0.717) is 30.7 Å².